The Morgan fingerprint density at radius 1 is 1.15 bits per heavy atom. The topological polar surface area (TPSA) is 80.5 Å². The van der Waals surface area contributed by atoms with Crippen LogP contribution in [-0.2, 0) is 11.3 Å². The number of imide groups is 1. The molecule has 0 spiro atoms. The number of thioether (sulfide) groups is 1. The molecule has 10 heteroatoms. The molecular formula is C17H9Cl2IN2O4S. The first-order chi connectivity index (χ1) is 12.8. The van der Waals surface area contributed by atoms with Crippen molar-refractivity contribution in [3.8, 4) is 0 Å². The summed E-state index contributed by atoms with van der Waals surface area (Å²) in [5.74, 6) is -0.498. The number of nitro benzene ring substituents is 1. The molecule has 27 heavy (non-hydrogen) atoms. The van der Waals surface area contributed by atoms with Crippen molar-refractivity contribution >= 4 is 80.5 Å². The molecule has 0 bridgehead atoms. The summed E-state index contributed by atoms with van der Waals surface area (Å²) in [5, 5.41) is 10.6. The van der Waals surface area contributed by atoms with Gasteiger partial charge in [-0.15, -0.1) is 0 Å². The largest absolute Gasteiger partial charge is 0.293 e. The lowest BCUT2D eigenvalue weighted by Crippen LogP contribution is -2.27. The highest BCUT2D eigenvalue weighted by atomic mass is 127. The molecule has 6 nitrogen and oxygen atoms in total. The van der Waals surface area contributed by atoms with Crippen LogP contribution in [0, 0.1) is 13.7 Å². The van der Waals surface area contributed by atoms with E-state index in [-0.39, 0.29) is 32.7 Å². The van der Waals surface area contributed by atoms with Gasteiger partial charge in [0.05, 0.1) is 16.4 Å². The van der Waals surface area contributed by atoms with Crippen molar-refractivity contribution in [2.24, 2.45) is 0 Å². The summed E-state index contributed by atoms with van der Waals surface area (Å²) in [5.41, 5.74) is 0.614. The number of hydrogen-bond acceptors (Lipinski definition) is 5. The van der Waals surface area contributed by atoms with E-state index in [0.717, 1.165) is 25.8 Å². The molecule has 2 amide bonds. The van der Waals surface area contributed by atoms with Crippen LogP contribution in [0.1, 0.15) is 11.1 Å². The highest BCUT2D eigenvalue weighted by Gasteiger charge is 2.35. The fourth-order valence-corrected chi connectivity index (χ4v) is 4.10. The lowest BCUT2D eigenvalue weighted by atomic mass is 10.1. The minimum atomic E-state index is -0.640. The van der Waals surface area contributed by atoms with Crippen LogP contribution in [0.4, 0.5) is 10.5 Å². The van der Waals surface area contributed by atoms with Crippen LogP contribution < -0.4 is 0 Å². The SMILES string of the molecule is O=C1S/C(=C\c2c(Cl)ccc([N+](=O)[O-])c2Cl)C(=O)N1Cc1ccc(I)cc1. The monoisotopic (exact) mass is 534 g/mol. The van der Waals surface area contributed by atoms with Gasteiger partial charge in [-0.2, -0.15) is 0 Å². The van der Waals surface area contributed by atoms with Crippen LogP contribution in [0.15, 0.2) is 41.3 Å². The average Bonchev–Trinajstić information content (AvgIpc) is 2.87. The molecule has 2 aromatic rings. The molecule has 3 rings (SSSR count). The van der Waals surface area contributed by atoms with Gasteiger partial charge in [-0.3, -0.25) is 24.6 Å². The molecule has 0 unspecified atom stereocenters. The molecule has 1 saturated heterocycles. The molecule has 0 radical (unpaired) electrons. The first kappa shape index (κ1) is 20.1. The van der Waals surface area contributed by atoms with E-state index in [1.165, 1.54) is 18.2 Å². The second kappa shape index (κ2) is 8.17. The van der Waals surface area contributed by atoms with Gasteiger partial charge in [0.1, 0.15) is 5.02 Å². The minimum absolute atomic E-state index is 0.106. The van der Waals surface area contributed by atoms with Crippen molar-refractivity contribution in [2.45, 2.75) is 6.54 Å². The number of amides is 2. The summed E-state index contributed by atoms with van der Waals surface area (Å²) in [6.45, 7) is 0.134. The Morgan fingerprint density at radius 3 is 2.44 bits per heavy atom. The standard InChI is InChI=1S/C17H9Cl2IN2O4S/c18-12-5-6-13(22(25)26)15(19)11(12)7-14-16(23)21(17(24)27-14)8-9-1-3-10(20)4-2-9/h1-7H,8H2/b14-7-. The Hall–Kier alpha value is -1.62. The van der Waals surface area contributed by atoms with E-state index < -0.39 is 16.1 Å². The summed E-state index contributed by atoms with van der Waals surface area (Å²) in [4.78, 5) is 36.5. The maximum absolute atomic E-state index is 12.6. The van der Waals surface area contributed by atoms with Crippen LogP contribution in [0.5, 0.6) is 0 Å². The summed E-state index contributed by atoms with van der Waals surface area (Å²) < 4.78 is 1.04. The summed E-state index contributed by atoms with van der Waals surface area (Å²) in [6, 6.07) is 9.95. The molecule has 0 saturated carbocycles. The van der Waals surface area contributed by atoms with E-state index in [2.05, 4.69) is 22.6 Å². The molecule has 1 fully saturated rings. The second-order valence-electron chi connectivity index (χ2n) is 5.45. The van der Waals surface area contributed by atoms with Crippen molar-refractivity contribution in [2.75, 3.05) is 0 Å². The Balaban J connectivity index is 1.92. The van der Waals surface area contributed by atoms with Gasteiger partial charge in [0.2, 0.25) is 0 Å². The van der Waals surface area contributed by atoms with Crippen molar-refractivity contribution < 1.29 is 14.5 Å². The maximum atomic E-state index is 12.6. The molecule has 0 aliphatic carbocycles. The van der Waals surface area contributed by atoms with E-state index in [4.69, 9.17) is 23.2 Å². The van der Waals surface area contributed by atoms with Crippen LogP contribution in [0.2, 0.25) is 10.0 Å². The molecule has 1 aliphatic rings. The highest BCUT2D eigenvalue weighted by Crippen LogP contribution is 2.39. The van der Waals surface area contributed by atoms with E-state index >= 15 is 0 Å². The van der Waals surface area contributed by atoms with Crippen molar-refractivity contribution in [3.63, 3.8) is 0 Å². The van der Waals surface area contributed by atoms with E-state index in [1.807, 2.05) is 24.3 Å². The lowest BCUT2D eigenvalue weighted by Gasteiger charge is -2.12. The first-order valence-electron chi connectivity index (χ1n) is 7.40. The van der Waals surface area contributed by atoms with Gasteiger partial charge < -0.3 is 0 Å². The zero-order valence-electron chi connectivity index (χ0n) is 13.3. The van der Waals surface area contributed by atoms with Gasteiger partial charge in [-0.25, -0.2) is 0 Å². The predicted molar refractivity (Wildman–Crippen MR) is 114 cm³/mol. The molecule has 0 aromatic heterocycles. The summed E-state index contributed by atoms with van der Waals surface area (Å²) in [6.07, 6.45) is 1.32. The average molecular weight is 535 g/mol. The minimum Gasteiger partial charge on any atom is -0.268 e. The van der Waals surface area contributed by atoms with E-state index in [1.54, 1.807) is 0 Å². The van der Waals surface area contributed by atoms with Crippen molar-refractivity contribution in [1.29, 1.82) is 0 Å². The van der Waals surface area contributed by atoms with Crippen molar-refractivity contribution in [1.82, 2.24) is 4.90 Å². The number of nitro groups is 1. The third kappa shape index (κ3) is 4.29. The normalized spacial score (nSPS) is 15.7. The number of hydrogen-bond donors (Lipinski definition) is 0. The molecule has 0 atom stereocenters. The van der Waals surface area contributed by atoms with Gasteiger partial charge in [-0.05, 0) is 64.2 Å². The fourth-order valence-electron chi connectivity index (χ4n) is 2.37. The van der Waals surface area contributed by atoms with Gasteiger partial charge in [0.25, 0.3) is 16.8 Å². The zero-order chi connectivity index (χ0) is 19.7. The smallest absolute Gasteiger partial charge is 0.268 e. The Morgan fingerprint density at radius 2 is 1.81 bits per heavy atom. The predicted octanol–water partition coefficient (Wildman–Crippen LogP) is 5.74. The fraction of sp³-hybridized carbons (Fsp3) is 0.0588. The Kier molecular flexibility index (Phi) is 6.09. The number of rotatable bonds is 4. The quantitative estimate of drug-likeness (QED) is 0.216. The Bertz CT molecular complexity index is 995. The second-order valence-corrected chi connectivity index (χ2v) is 8.47. The molecule has 0 N–H and O–H groups in total. The molecule has 138 valence electrons. The highest BCUT2D eigenvalue weighted by molar-refractivity contribution is 14.1. The van der Waals surface area contributed by atoms with Gasteiger partial charge in [-0.1, -0.05) is 35.3 Å². The Labute approximate surface area is 181 Å². The number of halogens is 3. The van der Waals surface area contributed by atoms with E-state index in [9.17, 15) is 19.7 Å². The van der Waals surface area contributed by atoms with Gasteiger partial charge >= 0.3 is 0 Å². The van der Waals surface area contributed by atoms with Crippen LogP contribution in [0.25, 0.3) is 6.08 Å². The van der Waals surface area contributed by atoms with Crippen LogP contribution in [0.3, 0.4) is 0 Å². The molecular weight excluding hydrogens is 526 g/mol. The lowest BCUT2D eigenvalue weighted by molar-refractivity contribution is -0.384. The molecule has 1 heterocycles. The zero-order valence-corrected chi connectivity index (χ0v) is 17.8. The number of benzene rings is 2. The number of nitrogens with zero attached hydrogens (tertiary/aromatic N) is 2. The number of carbonyl (C=O) groups excluding carboxylic acids is 2. The van der Waals surface area contributed by atoms with Crippen LogP contribution in [-0.4, -0.2) is 21.0 Å². The van der Waals surface area contributed by atoms with Gasteiger partial charge in [0, 0.05) is 20.2 Å². The third-order valence-corrected chi connectivity index (χ3v) is 6.06. The molecule has 1 aliphatic heterocycles. The third-order valence-electron chi connectivity index (χ3n) is 3.71. The summed E-state index contributed by atoms with van der Waals surface area (Å²) in [7, 11) is 0. The maximum Gasteiger partial charge on any atom is 0.293 e. The first-order valence-corrected chi connectivity index (χ1v) is 10.0. The molecule has 2 aromatic carbocycles. The van der Waals surface area contributed by atoms with Crippen LogP contribution >= 0.6 is 57.6 Å². The summed E-state index contributed by atoms with van der Waals surface area (Å²) >= 11 is 15.0. The number of carbonyl (C=O) groups is 2. The van der Waals surface area contributed by atoms with E-state index in [0.29, 0.717) is 0 Å². The van der Waals surface area contributed by atoms with Crippen molar-refractivity contribution in [3.05, 3.63) is 76.2 Å². The van der Waals surface area contributed by atoms with Gasteiger partial charge in [0.15, 0.2) is 0 Å².